The first kappa shape index (κ1) is 12.1. The maximum absolute atomic E-state index is 4.18. The van der Waals surface area contributed by atoms with E-state index in [2.05, 4.69) is 41.4 Å². The maximum Gasteiger partial charge on any atom is 0.116 e. The molecule has 0 fully saturated rings. The van der Waals surface area contributed by atoms with Crippen LogP contribution in [0.25, 0.3) is 11.0 Å². The summed E-state index contributed by atoms with van der Waals surface area (Å²) in [7, 11) is 0. The van der Waals surface area contributed by atoms with Crippen LogP contribution in [0.2, 0.25) is 0 Å². The number of aromatic amines is 1. The quantitative estimate of drug-likeness (QED) is 0.762. The number of benzene rings is 1. The second kappa shape index (κ2) is 5.80. The van der Waals surface area contributed by atoms with Gasteiger partial charge in [0.15, 0.2) is 0 Å². The van der Waals surface area contributed by atoms with E-state index in [1.165, 1.54) is 37.7 Å². The number of fused-ring (bicyclic) bond motifs is 1. The van der Waals surface area contributed by atoms with Crippen molar-refractivity contribution in [1.29, 1.82) is 0 Å². The van der Waals surface area contributed by atoms with Gasteiger partial charge < -0.3 is 0 Å². The average molecular weight is 231 g/mol. The summed E-state index contributed by atoms with van der Waals surface area (Å²) in [5.74, 6) is 0.570. The van der Waals surface area contributed by atoms with Crippen molar-refractivity contribution in [2.75, 3.05) is 0 Å². The Hall–Kier alpha value is -1.38. The first-order chi connectivity index (χ1) is 8.33. The van der Waals surface area contributed by atoms with E-state index in [1.54, 1.807) is 0 Å². The normalized spacial score (nSPS) is 13.1. The molecule has 0 saturated carbocycles. The highest BCUT2D eigenvalue weighted by molar-refractivity contribution is 5.77. The van der Waals surface area contributed by atoms with Gasteiger partial charge >= 0.3 is 0 Å². The summed E-state index contributed by atoms with van der Waals surface area (Å²) in [6.45, 7) is 4.54. The zero-order chi connectivity index (χ0) is 12.1. The molecule has 3 heteroatoms. The standard InChI is InChI=1S/C14H21N3/c1-3-4-5-6-8-11(2)12-9-7-10-13-14(12)16-17-15-13/h7,9-11H,3-6,8H2,1-2H3,(H,15,16,17). The number of unbranched alkanes of at least 4 members (excludes halogenated alkanes) is 3. The number of hydrogen-bond acceptors (Lipinski definition) is 2. The second-order valence-electron chi connectivity index (χ2n) is 4.81. The lowest BCUT2D eigenvalue weighted by Gasteiger charge is -2.11. The van der Waals surface area contributed by atoms with Crippen LogP contribution in [0.15, 0.2) is 18.2 Å². The van der Waals surface area contributed by atoms with Gasteiger partial charge in [0.2, 0.25) is 0 Å². The fourth-order valence-electron chi connectivity index (χ4n) is 2.32. The van der Waals surface area contributed by atoms with Gasteiger partial charge in [0.1, 0.15) is 5.52 Å². The molecule has 92 valence electrons. The van der Waals surface area contributed by atoms with Crippen molar-refractivity contribution in [2.45, 2.75) is 51.9 Å². The molecule has 0 aliphatic rings. The molecule has 1 N–H and O–H groups in total. The summed E-state index contributed by atoms with van der Waals surface area (Å²) in [6, 6.07) is 6.29. The van der Waals surface area contributed by atoms with Crippen LogP contribution in [-0.4, -0.2) is 15.4 Å². The highest BCUT2D eigenvalue weighted by Gasteiger charge is 2.11. The molecule has 1 atom stereocenters. The molecule has 1 heterocycles. The summed E-state index contributed by atoms with van der Waals surface area (Å²) in [5, 5.41) is 11.0. The lowest BCUT2D eigenvalue weighted by Crippen LogP contribution is -1.95. The summed E-state index contributed by atoms with van der Waals surface area (Å²) < 4.78 is 0. The van der Waals surface area contributed by atoms with Gasteiger partial charge in [-0.15, -0.1) is 5.10 Å². The van der Waals surface area contributed by atoms with Crippen LogP contribution >= 0.6 is 0 Å². The fourth-order valence-corrected chi connectivity index (χ4v) is 2.32. The number of aromatic nitrogens is 3. The second-order valence-corrected chi connectivity index (χ2v) is 4.81. The van der Waals surface area contributed by atoms with Gasteiger partial charge in [-0.25, -0.2) is 0 Å². The van der Waals surface area contributed by atoms with E-state index in [1.807, 2.05) is 6.07 Å². The van der Waals surface area contributed by atoms with Crippen molar-refractivity contribution in [3.8, 4) is 0 Å². The third-order valence-electron chi connectivity index (χ3n) is 3.41. The smallest absolute Gasteiger partial charge is 0.116 e. The van der Waals surface area contributed by atoms with E-state index in [4.69, 9.17) is 0 Å². The topological polar surface area (TPSA) is 41.6 Å². The minimum atomic E-state index is 0.570. The van der Waals surface area contributed by atoms with Crippen LogP contribution in [0.3, 0.4) is 0 Å². The van der Waals surface area contributed by atoms with Crippen molar-refractivity contribution in [3.05, 3.63) is 23.8 Å². The Bertz CT molecular complexity index is 461. The summed E-state index contributed by atoms with van der Waals surface area (Å²) in [5.41, 5.74) is 3.41. The zero-order valence-corrected chi connectivity index (χ0v) is 10.7. The predicted molar refractivity (Wildman–Crippen MR) is 71.1 cm³/mol. The molecule has 0 saturated heterocycles. The lowest BCUT2D eigenvalue weighted by molar-refractivity contribution is 0.581. The van der Waals surface area contributed by atoms with Gasteiger partial charge in [-0.1, -0.05) is 56.9 Å². The van der Waals surface area contributed by atoms with Crippen LogP contribution in [0.1, 0.15) is 57.4 Å². The third kappa shape index (κ3) is 2.84. The molecule has 0 aliphatic carbocycles. The predicted octanol–water partition coefficient (Wildman–Crippen LogP) is 4.03. The highest BCUT2D eigenvalue weighted by Crippen LogP contribution is 2.26. The molecule has 2 rings (SSSR count). The Morgan fingerprint density at radius 1 is 1.24 bits per heavy atom. The number of rotatable bonds is 6. The third-order valence-corrected chi connectivity index (χ3v) is 3.41. The van der Waals surface area contributed by atoms with Crippen molar-refractivity contribution < 1.29 is 0 Å². The van der Waals surface area contributed by atoms with Gasteiger partial charge in [-0.05, 0) is 24.0 Å². The van der Waals surface area contributed by atoms with E-state index >= 15 is 0 Å². The monoisotopic (exact) mass is 231 g/mol. The number of nitrogens with one attached hydrogen (secondary N) is 1. The van der Waals surface area contributed by atoms with Gasteiger partial charge in [-0.2, -0.15) is 0 Å². The minimum absolute atomic E-state index is 0.570. The molecule has 0 amide bonds. The molecule has 0 bridgehead atoms. The van der Waals surface area contributed by atoms with Crippen molar-refractivity contribution in [2.24, 2.45) is 0 Å². The maximum atomic E-state index is 4.18. The highest BCUT2D eigenvalue weighted by atomic mass is 15.3. The van der Waals surface area contributed by atoms with Crippen LogP contribution in [-0.2, 0) is 0 Å². The average Bonchev–Trinajstić information content (AvgIpc) is 2.82. The number of nitrogens with zero attached hydrogens (tertiary/aromatic N) is 2. The van der Waals surface area contributed by atoms with Gasteiger partial charge in [0.05, 0.1) is 5.52 Å². The van der Waals surface area contributed by atoms with Gasteiger partial charge in [0, 0.05) is 0 Å². The van der Waals surface area contributed by atoms with Crippen molar-refractivity contribution in [3.63, 3.8) is 0 Å². The zero-order valence-electron chi connectivity index (χ0n) is 10.7. The van der Waals surface area contributed by atoms with Gasteiger partial charge in [0.25, 0.3) is 0 Å². The van der Waals surface area contributed by atoms with Crippen LogP contribution in [0.4, 0.5) is 0 Å². The van der Waals surface area contributed by atoms with Crippen LogP contribution < -0.4 is 0 Å². The molecule has 17 heavy (non-hydrogen) atoms. The molecule has 0 radical (unpaired) electrons. The Morgan fingerprint density at radius 3 is 2.94 bits per heavy atom. The van der Waals surface area contributed by atoms with E-state index in [0.717, 1.165) is 11.0 Å². The molecule has 1 aromatic heterocycles. The Balaban J connectivity index is 2.03. The SMILES string of the molecule is CCCCCCC(C)c1cccc2[nH]nnc12. The first-order valence-electron chi connectivity index (χ1n) is 6.62. The summed E-state index contributed by atoms with van der Waals surface area (Å²) >= 11 is 0. The molecule has 0 spiro atoms. The Kier molecular flexibility index (Phi) is 4.13. The van der Waals surface area contributed by atoms with E-state index in [9.17, 15) is 0 Å². The minimum Gasteiger partial charge on any atom is -0.258 e. The Labute approximate surface area is 103 Å². The summed E-state index contributed by atoms with van der Waals surface area (Å²) in [6.07, 6.45) is 6.54. The first-order valence-corrected chi connectivity index (χ1v) is 6.62. The molecule has 2 aromatic rings. The van der Waals surface area contributed by atoms with E-state index in [-0.39, 0.29) is 0 Å². The number of hydrogen-bond donors (Lipinski definition) is 1. The summed E-state index contributed by atoms with van der Waals surface area (Å²) in [4.78, 5) is 0. The Morgan fingerprint density at radius 2 is 2.12 bits per heavy atom. The van der Waals surface area contributed by atoms with Crippen LogP contribution in [0, 0.1) is 0 Å². The molecule has 3 nitrogen and oxygen atoms in total. The molecule has 1 aromatic carbocycles. The molecule has 0 aliphatic heterocycles. The van der Waals surface area contributed by atoms with Crippen LogP contribution in [0.5, 0.6) is 0 Å². The lowest BCUT2D eigenvalue weighted by atomic mass is 9.94. The van der Waals surface area contributed by atoms with E-state index in [0.29, 0.717) is 5.92 Å². The molecular formula is C14H21N3. The largest absolute Gasteiger partial charge is 0.258 e. The van der Waals surface area contributed by atoms with E-state index < -0.39 is 0 Å². The molecule has 1 unspecified atom stereocenters. The molecular weight excluding hydrogens is 210 g/mol. The fraction of sp³-hybridized carbons (Fsp3) is 0.571. The van der Waals surface area contributed by atoms with Gasteiger partial charge in [-0.3, -0.25) is 5.10 Å². The van der Waals surface area contributed by atoms with Crippen molar-refractivity contribution >= 4 is 11.0 Å². The number of H-pyrrole nitrogens is 1. The van der Waals surface area contributed by atoms with Crippen molar-refractivity contribution in [1.82, 2.24) is 15.4 Å².